The molecule has 21 heavy (non-hydrogen) atoms. The Kier molecular flexibility index (Phi) is 5.76. The molecule has 0 saturated heterocycles. The number of halogens is 1. The van der Waals surface area contributed by atoms with Gasteiger partial charge in [-0.05, 0) is 30.7 Å². The molecule has 2 aromatic rings. The van der Waals surface area contributed by atoms with Gasteiger partial charge in [-0.15, -0.1) is 0 Å². The lowest BCUT2D eigenvalue weighted by Crippen LogP contribution is -2.27. The monoisotopic (exact) mass is 287 g/mol. The molecule has 2 rings (SSSR count). The smallest absolute Gasteiger partial charge is 0.128 e. The first-order valence-corrected chi connectivity index (χ1v) is 7.44. The van der Waals surface area contributed by atoms with Gasteiger partial charge in [0.05, 0.1) is 6.04 Å². The molecular weight excluding hydrogens is 265 g/mol. The van der Waals surface area contributed by atoms with E-state index in [2.05, 4.69) is 18.3 Å². The minimum atomic E-state index is -0.198. The van der Waals surface area contributed by atoms with Crippen molar-refractivity contribution in [1.29, 1.82) is 0 Å². The van der Waals surface area contributed by atoms with E-state index in [1.54, 1.807) is 12.1 Å². The predicted molar refractivity (Wildman–Crippen MR) is 84.1 cm³/mol. The molecule has 1 N–H and O–H groups in total. The van der Waals surface area contributed by atoms with E-state index in [1.165, 1.54) is 11.6 Å². The van der Waals surface area contributed by atoms with Gasteiger partial charge in [0.2, 0.25) is 0 Å². The Morgan fingerprint density at radius 1 is 1.05 bits per heavy atom. The van der Waals surface area contributed by atoms with Crippen molar-refractivity contribution in [2.24, 2.45) is 0 Å². The summed E-state index contributed by atoms with van der Waals surface area (Å²) in [5, 5.41) is 3.28. The first kappa shape index (κ1) is 15.5. The zero-order chi connectivity index (χ0) is 15.1. The van der Waals surface area contributed by atoms with Gasteiger partial charge in [-0.3, -0.25) is 0 Å². The van der Waals surface area contributed by atoms with Crippen LogP contribution in [0.25, 0.3) is 0 Å². The predicted octanol–water partition coefficient (Wildman–Crippen LogP) is 4.12. The molecule has 0 amide bonds. The number of hydrogen-bond donors (Lipinski definition) is 1. The van der Waals surface area contributed by atoms with E-state index in [0.717, 1.165) is 18.7 Å². The molecule has 1 atom stereocenters. The van der Waals surface area contributed by atoms with Crippen molar-refractivity contribution in [3.05, 3.63) is 65.5 Å². The highest BCUT2D eigenvalue weighted by molar-refractivity contribution is 5.33. The summed E-state index contributed by atoms with van der Waals surface area (Å²) < 4.78 is 19.9. The van der Waals surface area contributed by atoms with Gasteiger partial charge in [0, 0.05) is 5.56 Å². The second-order valence-electron chi connectivity index (χ2n) is 4.90. The number of aryl methyl sites for hydroxylation is 1. The summed E-state index contributed by atoms with van der Waals surface area (Å²) >= 11 is 0. The Morgan fingerprint density at radius 2 is 1.76 bits per heavy atom. The molecule has 0 aliphatic carbocycles. The second kappa shape index (κ2) is 7.79. The zero-order valence-corrected chi connectivity index (χ0v) is 12.6. The quantitative estimate of drug-likeness (QED) is 0.827. The highest BCUT2D eigenvalue weighted by atomic mass is 19.1. The average molecular weight is 287 g/mol. The van der Waals surface area contributed by atoms with Gasteiger partial charge in [0.25, 0.3) is 0 Å². The molecule has 112 valence electrons. The number of hydrogen-bond acceptors (Lipinski definition) is 2. The van der Waals surface area contributed by atoms with E-state index in [1.807, 2.05) is 31.2 Å². The van der Waals surface area contributed by atoms with Crippen LogP contribution in [0.1, 0.15) is 31.0 Å². The van der Waals surface area contributed by atoms with Gasteiger partial charge in [-0.1, -0.05) is 50.2 Å². The number of ether oxygens (including phenoxy) is 1. The van der Waals surface area contributed by atoms with Crippen molar-refractivity contribution in [1.82, 2.24) is 5.32 Å². The number of likely N-dealkylation sites (N-methyl/N-ethyl adjacent to an activating group) is 1. The highest BCUT2D eigenvalue weighted by Crippen LogP contribution is 2.22. The lowest BCUT2D eigenvalue weighted by Gasteiger charge is -2.20. The fraction of sp³-hybridized carbons (Fsp3) is 0.333. The third-order valence-corrected chi connectivity index (χ3v) is 3.49. The molecule has 0 aliphatic heterocycles. The normalized spacial score (nSPS) is 12.1. The first-order valence-electron chi connectivity index (χ1n) is 7.44. The summed E-state index contributed by atoms with van der Waals surface area (Å²) in [6.45, 7) is 5.28. The van der Waals surface area contributed by atoms with Crippen LogP contribution in [0.2, 0.25) is 0 Å². The first-order chi connectivity index (χ1) is 10.3. The summed E-state index contributed by atoms with van der Waals surface area (Å²) in [6.07, 6.45) is 0.918. The van der Waals surface area contributed by atoms with Crippen LogP contribution in [-0.2, 0) is 6.42 Å². The average Bonchev–Trinajstić information content (AvgIpc) is 2.52. The van der Waals surface area contributed by atoms with Gasteiger partial charge in [-0.25, -0.2) is 4.39 Å². The summed E-state index contributed by atoms with van der Waals surface area (Å²) in [7, 11) is 0. The van der Waals surface area contributed by atoms with E-state index in [9.17, 15) is 4.39 Å². The van der Waals surface area contributed by atoms with Crippen LogP contribution >= 0.6 is 0 Å². The summed E-state index contributed by atoms with van der Waals surface area (Å²) in [6, 6.07) is 14.7. The van der Waals surface area contributed by atoms with Crippen molar-refractivity contribution in [2.75, 3.05) is 13.2 Å². The Balaban J connectivity index is 2.12. The maximum absolute atomic E-state index is 13.9. The lowest BCUT2D eigenvalue weighted by atomic mass is 10.1. The molecule has 2 aromatic carbocycles. The molecule has 0 aliphatic rings. The molecule has 3 heteroatoms. The van der Waals surface area contributed by atoms with Crippen LogP contribution in [0.4, 0.5) is 4.39 Å². The number of para-hydroxylation sites is 1. The second-order valence-corrected chi connectivity index (χ2v) is 4.90. The minimum absolute atomic E-state index is 0.152. The Bertz CT molecular complexity index is 571. The van der Waals surface area contributed by atoms with Crippen LogP contribution in [0, 0.1) is 5.82 Å². The summed E-state index contributed by atoms with van der Waals surface area (Å²) in [5.41, 5.74) is 1.81. The highest BCUT2D eigenvalue weighted by Gasteiger charge is 2.15. The molecule has 0 heterocycles. The van der Waals surface area contributed by atoms with Crippen molar-refractivity contribution in [3.8, 4) is 5.75 Å². The topological polar surface area (TPSA) is 21.3 Å². The van der Waals surface area contributed by atoms with E-state index < -0.39 is 0 Å². The molecule has 0 bridgehead atoms. The van der Waals surface area contributed by atoms with Gasteiger partial charge in [0.1, 0.15) is 18.2 Å². The van der Waals surface area contributed by atoms with Gasteiger partial charge < -0.3 is 10.1 Å². The Labute approximate surface area is 126 Å². The van der Waals surface area contributed by atoms with E-state index in [-0.39, 0.29) is 11.9 Å². The van der Waals surface area contributed by atoms with E-state index in [0.29, 0.717) is 12.2 Å². The molecule has 0 saturated carbocycles. The van der Waals surface area contributed by atoms with Crippen LogP contribution in [0.5, 0.6) is 5.75 Å². The van der Waals surface area contributed by atoms with Crippen molar-refractivity contribution >= 4 is 0 Å². The molecule has 0 spiro atoms. The van der Waals surface area contributed by atoms with Crippen LogP contribution in [0.15, 0.2) is 48.5 Å². The van der Waals surface area contributed by atoms with Gasteiger partial charge in [0.15, 0.2) is 0 Å². The summed E-state index contributed by atoms with van der Waals surface area (Å²) in [4.78, 5) is 0. The van der Waals surface area contributed by atoms with Gasteiger partial charge >= 0.3 is 0 Å². The molecular formula is C18H22FNO. The zero-order valence-electron chi connectivity index (χ0n) is 12.6. The van der Waals surface area contributed by atoms with E-state index >= 15 is 0 Å². The SMILES string of the molecule is CCNC(COc1ccccc1CC)c1ccccc1F. The maximum atomic E-state index is 13.9. The van der Waals surface area contributed by atoms with E-state index in [4.69, 9.17) is 4.74 Å². The van der Waals surface area contributed by atoms with Crippen molar-refractivity contribution in [2.45, 2.75) is 26.3 Å². The molecule has 2 nitrogen and oxygen atoms in total. The lowest BCUT2D eigenvalue weighted by molar-refractivity contribution is 0.263. The Hall–Kier alpha value is -1.87. The van der Waals surface area contributed by atoms with Crippen LogP contribution in [0.3, 0.4) is 0 Å². The maximum Gasteiger partial charge on any atom is 0.128 e. The van der Waals surface area contributed by atoms with Crippen LogP contribution < -0.4 is 10.1 Å². The van der Waals surface area contributed by atoms with Crippen LogP contribution in [-0.4, -0.2) is 13.2 Å². The molecule has 0 aromatic heterocycles. The van der Waals surface area contributed by atoms with Crippen molar-refractivity contribution in [3.63, 3.8) is 0 Å². The standard InChI is InChI=1S/C18H22FNO/c1-3-14-9-5-8-12-18(14)21-13-17(20-4-2)15-10-6-7-11-16(15)19/h5-12,17,20H,3-4,13H2,1-2H3. The minimum Gasteiger partial charge on any atom is -0.491 e. The number of benzene rings is 2. The number of rotatable bonds is 7. The third-order valence-electron chi connectivity index (χ3n) is 3.49. The fourth-order valence-corrected chi connectivity index (χ4v) is 2.37. The largest absolute Gasteiger partial charge is 0.491 e. The number of nitrogens with one attached hydrogen (secondary N) is 1. The molecule has 1 unspecified atom stereocenters. The fourth-order valence-electron chi connectivity index (χ4n) is 2.37. The van der Waals surface area contributed by atoms with Gasteiger partial charge in [-0.2, -0.15) is 0 Å². The molecule has 0 fully saturated rings. The van der Waals surface area contributed by atoms with Crippen molar-refractivity contribution < 1.29 is 9.13 Å². The molecule has 0 radical (unpaired) electrons. The Morgan fingerprint density at radius 3 is 2.48 bits per heavy atom. The summed E-state index contributed by atoms with van der Waals surface area (Å²) in [5.74, 6) is 0.676. The third kappa shape index (κ3) is 4.05.